The van der Waals surface area contributed by atoms with Gasteiger partial charge >= 0.3 is 0 Å². The van der Waals surface area contributed by atoms with Gasteiger partial charge in [0, 0.05) is 6.54 Å². The summed E-state index contributed by atoms with van der Waals surface area (Å²) in [6.45, 7) is 10.8. The van der Waals surface area contributed by atoms with Crippen molar-refractivity contribution in [1.29, 1.82) is 0 Å². The number of carbonyl (C=O) groups is 1. The van der Waals surface area contributed by atoms with Gasteiger partial charge < -0.3 is 9.32 Å². The SMILES string of the molecule is Cc1cc(C)c2c(=O)c3c(oc2c1)C(=O)N(Cc1ccccc1)C3c1ccc(C(C)(C)C)cc1. The number of hydrogen-bond acceptors (Lipinski definition) is 3. The average Bonchev–Trinajstić information content (AvgIpc) is 3.05. The average molecular weight is 452 g/mol. The van der Waals surface area contributed by atoms with Crippen LogP contribution in [0.15, 0.2) is 75.9 Å². The summed E-state index contributed by atoms with van der Waals surface area (Å²) in [6, 6.07) is 21.4. The number of rotatable bonds is 3. The van der Waals surface area contributed by atoms with E-state index in [2.05, 4.69) is 32.9 Å². The van der Waals surface area contributed by atoms with Gasteiger partial charge in [0.2, 0.25) is 5.76 Å². The minimum Gasteiger partial charge on any atom is -0.450 e. The van der Waals surface area contributed by atoms with Crippen molar-refractivity contribution < 1.29 is 9.21 Å². The van der Waals surface area contributed by atoms with E-state index in [0.29, 0.717) is 23.1 Å². The molecule has 4 nitrogen and oxygen atoms in total. The molecular weight excluding hydrogens is 422 g/mol. The summed E-state index contributed by atoms with van der Waals surface area (Å²) in [4.78, 5) is 29.3. The van der Waals surface area contributed by atoms with Crippen LogP contribution in [0.5, 0.6) is 0 Å². The second-order valence-electron chi connectivity index (χ2n) is 10.3. The summed E-state index contributed by atoms with van der Waals surface area (Å²) >= 11 is 0. The van der Waals surface area contributed by atoms with Gasteiger partial charge in [0.1, 0.15) is 5.58 Å². The maximum Gasteiger partial charge on any atom is 0.291 e. The maximum atomic E-state index is 13.9. The molecule has 172 valence electrons. The van der Waals surface area contributed by atoms with E-state index in [1.54, 1.807) is 4.90 Å². The number of carbonyl (C=O) groups excluding carboxylic acids is 1. The third-order valence-corrected chi connectivity index (χ3v) is 6.70. The lowest BCUT2D eigenvalue weighted by Gasteiger charge is -2.26. The highest BCUT2D eigenvalue weighted by Crippen LogP contribution is 2.40. The van der Waals surface area contributed by atoms with Crippen molar-refractivity contribution in [3.63, 3.8) is 0 Å². The summed E-state index contributed by atoms with van der Waals surface area (Å²) in [6.07, 6.45) is 0. The predicted octanol–water partition coefficient (Wildman–Crippen LogP) is 6.45. The third-order valence-electron chi connectivity index (χ3n) is 6.70. The Balaban J connectivity index is 1.73. The van der Waals surface area contributed by atoms with Crippen molar-refractivity contribution in [1.82, 2.24) is 4.90 Å². The normalized spacial score (nSPS) is 15.7. The van der Waals surface area contributed by atoms with E-state index in [1.807, 2.05) is 68.4 Å². The van der Waals surface area contributed by atoms with Crippen LogP contribution in [0.4, 0.5) is 0 Å². The van der Waals surface area contributed by atoms with E-state index in [9.17, 15) is 9.59 Å². The first-order valence-electron chi connectivity index (χ1n) is 11.7. The van der Waals surface area contributed by atoms with E-state index in [4.69, 9.17) is 4.42 Å². The van der Waals surface area contributed by atoms with Gasteiger partial charge in [-0.25, -0.2) is 0 Å². The zero-order valence-corrected chi connectivity index (χ0v) is 20.3. The van der Waals surface area contributed by atoms with Gasteiger partial charge in [-0.2, -0.15) is 0 Å². The molecule has 0 N–H and O–H groups in total. The Morgan fingerprint density at radius 1 is 0.912 bits per heavy atom. The van der Waals surface area contributed by atoms with Crippen molar-refractivity contribution in [2.45, 2.75) is 52.6 Å². The van der Waals surface area contributed by atoms with Crippen LogP contribution in [0.3, 0.4) is 0 Å². The Kier molecular flexibility index (Phi) is 5.20. The van der Waals surface area contributed by atoms with E-state index in [1.165, 1.54) is 5.56 Å². The van der Waals surface area contributed by atoms with Crippen molar-refractivity contribution in [2.75, 3.05) is 0 Å². The van der Waals surface area contributed by atoms with Gasteiger partial charge in [-0.3, -0.25) is 9.59 Å². The molecule has 0 saturated heterocycles. The van der Waals surface area contributed by atoms with Gasteiger partial charge in [-0.05, 0) is 53.1 Å². The highest BCUT2D eigenvalue weighted by molar-refractivity contribution is 5.99. The lowest BCUT2D eigenvalue weighted by molar-refractivity contribution is 0.0714. The molecule has 1 amide bonds. The molecule has 4 aromatic rings. The number of hydrogen-bond donors (Lipinski definition) is 0. The summed E-state index contributed by atoms with van der Waals surface area (Å²) in [5, 5.41) is 0.551. The zero-order valence-electron chi connectivity index (χ0n) is 20.3. The number of aryl methyl sites for hydroxylation is 2. The Morgan fingerprint density at radius 3 is 2.24 bits per heavy atom. The predicted molar refractivity (Wildman–Crippen MR) is 135 cm³/mol. The molecule has 34 heavy (non-hydrogen) atoms. The van der Waals surface area contributed by atoms with Crippen molar-refractivity contribution >= 4 is 16.9 Å². The fourth-order valence-electron chi connectivity index (χ4n) is 4.97. The van der Waals surface area contributed by atoms with E-state index < -0.39 is 6.04 Å². The highest BCUT2D eigenvalue weighted by Gasteiger charge is 2.43. The number of benzene rings is 3. The Hall–Kier alpha value is -3.66. The lowest BCUT2D eigenvalue weighted by atomic mass is 9.85. The second-order valence-corrected chi connectivity index (χ2v) is 10.3. The molecule has 5 rings (SSSR count). The first kappa shape index (κ1) is 22.1. The first-order chi connectivity index (χ1) is 16.1. The Morgan fingerprint density at radius 2 is 1.59 bits per heavy atom. The summed E-state index contributed by atoms with van der Waals surface area (Å²) in [5.41, 5.74) is 5.76. The van der Waals surface area contributed by atoms with Crippen molar-refractivity contribution in [3.8, 4) is 0 Å². The number of nitrogens with zero attached hydrogens (tertiary/aromatic N) is 1. The molecule has 1 unspecified atom stereocenters. The minimum absolute atomic E-state index is 0.00978. The number of amides is 1. The molecule has 1 aromatic heterocycles. The van der Waals surface area contributed by atoms with Gasteiger partial charge in [0.05, 0.1) is 17.0 Å². The standard InChI is InChI=1S/C30H29NO3/c1-18-15-19(2)24-23(16-18)34-28-25(27(24)32)26(21-11-13-22(14-12-21)30(3,4)5)31(29(28)33)17-20-9-7-6-8-10-20/h6-16,26H,17H2,1-5H3. The van der Waals surface area contributed by atoms with Crippen LogP contribution < -0.4 is 5.43 Å². The molecule has 0 fully saturated rings. The van der Waals surface area contributed by atoms with Gasteiger partial charge in [0.15, 0.2) is 5.43 Å². The fourth-order valence-corrected chi connectivity index (χ4v) is 4.97. The van der Waals surface area contributed by atoms with Crippen LogP contribution in [-0.2, 0) is 12.0 Å². The molecule has 0 spiro atoms. The van der Waals surface area contributed by atoms with Crippen LogP contribution in [0.25, 0.3) is 11.0 Å². The maximum absolute atomic E-state index is 13.9. The molecule has 1 aliphatic heterocycles. The van der Waals surface area contributed by atoms with Crippen molar-refractivity contribution in [3.05, 3.63) is 116 Å². The Labute approximate surface area is 199 Å². The number of fused-ring (bicyclic) bond motifs is 2. The largest absolute Gasteiger partial charge is 0.450 e. The quantitative estimate of drug-likeness (QED) is 0.359. The van der Waals surface area contributed by atoms with Gasteiger partial charge in [-0.1, -0.05) is 81.4 Å². The summed E-state index contributed by atoms with van der Waals surface area (Å²) < 4.78 is 6.17. The molecule has 0 saturated carbocycles. The van der Waals surface area contributed by atoms with E-state index in [-0.39, 0.29) is 22.5 Å². The summed E-state index contributed by atoms with van der Waals surface area (Å²) in [5.74, 6) is -0.0924. The molecule has 2 heterocycles. The molecule has 0 radical (unpaired) electrons. The highest BCUT2D eigenvalue weighted by atomic mass is 16.3. The van der Waals surface area contributed by atoms with Crippen molar-refractivity contribution in [2.24, 2.45) is 0 Å². The molecular formula is C30H29NO3. The smallest absolute Gasteiger partial charge is 0.291 e. The topological polar surface area (TPSA) is 50.5 Å². The third kappa shape index (κ3) is 3.63. The van der Waals surface area contributed by atoms with Crippen LogP contribution in [0.1, 0.15) is 70.7 Å². The van der Waals surface area contributed by atoms with Crippen LogP contribution in [0, 0.1) is 13.8 Å². The summed E-state index contributed by atoms with van der Waals surface area (Å²) in [7, 11) is 0. The van der Waals surface area contributed by atoms with E-state index in [0.717, 1.165) is 22.3 Å². The minimum atomic E-state index is -0.502. The van der Waals surface area contributed by atoms with Crippen LogP contribution >= 0.6 is 0 Å². The molecule has 0 aliphatic carbocycles. The zero-order chi connectivity index (χ0) is 24.2. The second kappa shape index (κ2) is 7.98. The Bertz CT molecular complexity index is 1460. The molecule has 3 aromatic carbocycles. The fraction of sp³-hybridized carbons (Fsp3) is 0.267. The first-order valence-corrected chi connectivity index (χ1v) is 11.7. The van der Waals surface area contributed by atoms with E-state index >= 15 is 0 Å². The monoisotopic (exact) mass is 451 g/mol. The molecule has 4 heteroatoms. The molecule has 1 aliphatic rings. The van der Waals surface area contributed by atoms with Crippen LogP contribution in [0.2, 0.25) is 0 Å². The van der Waals surface area contributed by atoms with Crippen LogP contribution in [-0.4, -0.2) is 10.8 Å². The lowest BCUT2D eigenvalue weighted by Crippen LogP contribution is -2.29. The molecule has 0 bridgehead atoms. The van der Waals surface area contributed by atoms with Gasteiger partial charge in [-0.15, -0.1) is 0 Å². The van der Waals surface area contributed by atoms with Gasteiger partial charge in [0.25, 0.3) is 5.91 Å². The molecule has 1 atom stereocenters.